The van der Waals surface area contributed by atoms with Gasteiger partial charge < -0.3 is 24.5 Å². The third kappa shape index (κ3) is 3.70. The molecule has 0 aromatic rings. The zero-order chi connectivity index (χ0) is 23.9. The number of ether oxygens (including phenoxy) is 1. The quantitative estimate of drug-likeness (QED) is 0.468. The van der Waals surface area contributed by atoms with Gasteiger partial charge in [0.25, 0.3) is 0 Å². The van der Waals surface area contributed by atoms with Crippen LogP contribution in [-0.2, 0) is 19.1 Å². The number of aliphatic hydroxyl groups is 1. The molecule has 8 nitrogen and oxygen atoms in total. The minimum Gasteiger partial charge on any atom is -0.396 e. The first-order valence-electron chi connectivity index (χ1n) is 13.0. The number of likely N-dealkylation sites (tertiary alicyclic amines) is 1. The number of aliphatic hydroxyl groups excluding tert-OH is 1. The van der Waals surface area contributed by atoms with Crippen molar-refractivity contribution >= 4 is 17.7 Å². The second-order valence-electron chi connectivity index (χ2n) is 10.5. The molecular formula is C26H37N3O5. The van der Waals surface area contributed by atoms with E-state index in [1.54, 1.807) is 16.8 Å². The van der Waals surface area contributed by atoms with E-state index in [1.807, 2.05) is 29.2 Å². The number of hydrogen-bond acceptors (Lipinski definition) is 5. The summed E-state index contributed by atoms with van der Waals surface area (Å²) in [4.78, 5) is 46.8. The Morgan fingerprint density at radius 2 is 1.79 bits per heavy atom. The van der Waals surface area contributed by atoms with Crippen molar-refractivity contribution in [3.05, 3.63) is 24.3 Å². The smallest absolute Gasteiger partial charge is 0.249 e. The Morgan fingerprint density at radius 3 is 2.56 bits per heavy atom. The predicted octanol–water partition coefficient (Wildman–Crippen LogP) is 1.49. The van der Waals surface area contributed by atoms with Gasteiger partial charge in [0.1, 0.15) is 11.6 Å². The van der Waals surface area contributed by atoms with E-state index in [1.165, 1.54) is 6.42 Å². The van der Waals surface area contributed by atoms with Crippen molar-refractivity contribution in [1.29, 1.82) is 0 Å². The summed E-state index contributed by atoms with van der Waals surface area (Å²) < 4.78 is 6.62. The van der Waals surface area contributed by atoms with Crippen LogP contribution in [0.25, 0.3) is 0 Å². The highest BCUT2D eigenvalue weighted by Gasteiger charge is 2.71. The first-order chi connectivity index (χ1) is 16.5. The number of hydrogen-bond donors (Lipinski definition) is 1. The van der Waals surface area contributed by atoms with Crippen LogP contribution in [0.5, 0.6) is 0 Å². The minimum absolute atomic E-state index is 0.0452. The number of fused-ring (bicyclic) bond motifs is 2. The summed E-state index contributed by atoms with van der Waals surface area (Å²) in [6.45, 7) is 1.55. The molecule has 5 aliphatic rings. The normalized spacial score (nSPS) is 35.9. The molecule has 186 valence electrons. The molecule has 2 saturated heterocycles. The van der Waals surface area contributed by atoms with Crippen LogP contribution < -0.4 is 0 Å². The number of likely N-dealkylation sites (N-methyl/N-ethyl adjacent to an activating group) is 1. The van der Waals surface area contributed by atoms with E-state index in [2.05, 4.69) is 0 Å². The van der Waals surface area contributed by atoms with Gasteiger partial charge in [-0.3, -0.25) is 14.4 Å². The van der Waals surface area contributed by atoms with Crippen LogP contribution in [0.4, 0.5) is 0 Å². The largest absolute Gasteiger partial charge is 0.396 e. The summed E-state index contributed by atoms with van der Waals surface area (Å²) >= 11 is 0. The monoisotopic (exact) mass is 471 g/mol. The lowest BCUT2D eigenvalue weighted by atomic mass is 9.77. The van der Waals surface area contributed by atoms with Gasteiger partial charge in [0.2, 0.25) is 17.7 Å². The highest BCUT2D eigenvalue weighted by molar-refractivity contribution is 5.99. The number of carbonyl (C=O) groups is 3. The highest BCUT2D eigenvalue weighted by Crippen LogP contribution is 2.53. The third-order valence-electron chi connectivity index (χ3n) is 8.46. The van der Waals surface area contributed by atoms with Crippen molar-refractivity contribution in [3.63, 3.8) is 0 Å². The van der Waals surface area contributed by atoms with Gasteiger partial charge in [0, 0.05) is 39.3 Å². The molecule has 8 heteroatoms. The summed E-state index contributed by atoms with van der Waals surface area (Å²) in [7, 11) is 1.75. The van der Waals surface area contributed by atoms with E-state index in [9.17, 15) is 19.5 Å². The highest BCUT2D eigenvalue weighted by atomic mass is 16.5. The maximum absolute atomic E-state index is 14.2. The van der Waals surface area contributed by atoms with Crippen LogP contribution in [0.1, 0.15) is 51.4 Å². The van der Waals surface area contributed by atoms with Gasteiger partial charge in [0.15, 0.2) is 0 Å². The molecule has 0 aromatic carbocycles. The molecule has 0 bridgehead atoms. The number of carbonyl (C=O) groups excluding carboxylic acids is 3. The first-order valence-corrected chi connectivity index (χ1v) is 13.0. The number of unbranched alkanes of at least 4 members (excludes halogenated alkanes) is 2. The minimum atomic E-state index is -1.12. The summed E-state index contributed by atoms with van der Waals surface area (Å²) in [5.74, 6) is -1.62. The number of rotatable bonds is 6. The Morgan fingerprint density at radius 1 is 1.00 bits per heavy atom. The van der Waals surface area contributed by atoms with Gasteiger partial charge in [-0.15, -0.1) is 0 Å². The first kappa shape index (κ1) is 23.5. The second kappa shape index (κ2) is 9.46. The predicted molar refractivity (Wildman–Crippen MR) is 126 cm³/mol. The molecule has 34 heavy (non-hydrogen) atoms. The summed E-state index contributed by atoms with van der Waals surface area (Å²) in [5, 5.41) is 9.18. The Kier molecular flexibility index (Phi) is 6.55. The Hall–Kier alpha value is -2.19. The van der Waals surface area contributed by atoms with Crippen LogP contribution in [0.15, 0.2) is 24.3 Å². The molecule has 0 radical (unpaired) electrons. The zero-order valence-corrected chi connectivity index (χ0v) is 20.1. The van der Waals surface area contributed by atoms with E-state index in [0.29, 0.717) is 32.5 Å². The fourth-order valence-corrected chi connectivity index (χ4v) is 6.81. The summed E-state index contributed by atoms with van der Waals surface area (Å²) in [6.07, 6.45) is 14.8. The van der Waals surface area contributed by atoms with Crippen LogP contribution in [0.2, 0.25) is 0 Å². The molecule has 1 N–H and O–H groups in total. The lowest BCUT2D eigenvalue weighted by molar-refractivity contribution is -0.149. The molecule has 4 aliphatic heterocycles. The second-order valence-corrected chi connectivity index (χ2v) is 10.5. The Balaban J connectivity index is 1.52. The molecule has 1 aliphatic carbocycles. The molecule has 1 saturated carbocycles. The van der Waals surface area contributed by atoms with E-state index in [-0.39, 0.29) is 30.4 Å². The SMILES string of the molecule is CN1CC=C[C@@H]2O[C@]34C=CCN(C5CCCCC5)C(=O)C3N(CCCCCO)C(=O)[C@@H]4[C@@H]2C1=O. The van der Waals surface area contributed by atoms with Crippen LogP contribution in [-0.4, -0.2) is 94.6 Å². The summed E-state index contributed by atoms with van der Waals surface area (Å²) in [5.41, 5.74) is -1.12. The average molecular weight is 472 g/mol. The third-order valence-corrected chi connectivity index (χ3v) is 8.46. The zero-order valence-electron chi connectivity index (χ0n) is 20.1. The van der Waals surface area contributed by atoms with Crippen LogP contribution >= 0.6 is 0 Å². The fourth-order valence-electron chi connectivity index (χ4n) is 6.81. The van der Waals surface area contributed by atoms with E-state index >= 15 is 0 Å². The number of amides is 3. The standard InChI is InChI=1S/C26H37N3O5/c1-27-14-8-12-19-20(23(27)31)21-24(32)29(15-6-3-7-17-30)22-25(33)28(18-10-4-2-5-11-18)16-9-13-26(21,22)34-19/h8-9,12-13,18-22,30H,2-7,10-11,14-17H2,1H3/t19-,20+,21-,22?,26-/m0/s1. The van der Waals surface area contributed by atoms with E-state index in [0.717, 1.165) is 32.1 Å². The Labute approximate surface area is 201 Å². The molecule has 1 unspecified atom stereocenters. The van der Waals surface area contributed by atoms with E-state index in [4.69, 9.17) is 4.74 Å². The van der Waals surface area contributed by atoms with E-state index < -0.39 is 29.6 Å². The van der Waals surface area contributed by atoms with Gasteiger partial charge in [-0.05, 0) is 32.1 Å². The van der Waals surface area contributed by atoms with Crippen LogP contribution in [0.3, 0.4) is 0 Å². The topological polar surface area (TPSA) is 90.4 Å². The van der Waals surface area contributed by atoms with Crippen molar-refractivity contribution in [3.8, 4) is 0 Å². The lowest BCUT2D eigenvalue weighted by Crippen LogP contribution is -2.57. The van der Waals surface area contributed by atoms with Crippen LogP contribution in [0, 0.1) is 11.8 Å². The van der Waals surface area contributed by atoms with Crippen molar-refractivity contribution in [2.45, 2.75) is 75.2 Å². The van der Waals surface area contributed by atoms with Gasteiger partial charge in [0.05, 0.1) is 17.9 Å². The maximum atomic E-state index is 14.2. The van der Waals surface area contributed by atoms with Gasteiger partial charge in [-0.1, -0.05) is 43.6 Å². The lowest BCUT2D eigenvalue weighted by Gasteiger charge is -2.39. The molecule has 0 aromatic heterocycles. The molecule has 3 amide bonds. The van der Waals surface area contributed by atoms with Crippen molar-refractivity contribution in [2.75, 3.05) is 33.3 Å². The molecule has 1 spiro atoms. The molecular weight excluding hydrogens is 434 g/mol. The maximum Gasteiger partial charge on any atom is 0.249 e. The molecule has 3 fully saturated rings. The molecule has 5 atom stereocenters. The fraction of sp³-hybridized carbons (Fsp3) is 0.731. The number of nitrogens with zero attached hydrogens (tertiary/aromatic N) is 3. The van der Waals surface area contributed by atoms with Gasteiger partial charge in [-0.25, -0.2) is 0 Å². The molecule has 4 heterocycles. The van der Waals surface area contributed by atoms with Gasteiger partial charge >= 0.3 is 0 Å². The van der Waals surface area contributed by atoms with Crippen molar-refractivity contribution < 1.29 is 24.2 Å². The van der Waals surface area contributed by atoms with Crippen molar-refractivity contribution in [2.24, 2.45) is 11.8 Å². The van der Waals surface area contributed by atoms with Crippen molar-refractivity contribution in [1.82, 2.24) is 14.7 Å². The molecule has 5 rings (SSSR count). The average Bonchev–Trinajstić information content (AvgIpc) is 3.16. The summed E-state index contributed by atoms with van der Waals surface area (Å²) in [6, 6.07) is -0.566. The Bertz CT molecular complexity index is 882. The van der Waals surface area contributed by atoms with Gasteiger partial charge in [-0.2, -0.15) is 0 Å².